The number of hydrogen-bond donors (Lipinski definition) is 1. The minimum atomic E-state index is -1.96. The van der Waals surface area contributed by atoms with Gasteiger partial charge in [0, 0.05) is 13.8 Å². The fourth-order valence-corrected chi connectivity index (χ4v) is 9.18. The molecule has 0 fully saturated rings. The molecule has 0 radical (unpaired) electrons. The predicted molar refractivity (Wildman–Crippen MR) is 92.0 cm³/mol. The number of rotatable bonds is 7. The molecule has 0 spiro atoms. The summed E-state index contributed by atoms with van der Waals surface area (Å²) >= 11 is 0. The second-order valence-electron chi connectivity index (χ2n) is 7.67. The van der Waals surface area contributed by atoms with Crippen LogP contribution in [0.25, 0.3) is 0 Å². The van der Waals surface area contributed by atoms with Crippen LogP contribution in [0.4, 0.5) is 0 Å². The summed E-state index contributed by atoms with van der Waals surface area (Å²) in [7, 11) is -1.96. The van der Waals surface area contributed by atoms with Gasteiger partial charge in [0.25, 0.3) is 0 Å². The first kappa shape index (κ1) is 19.5. The molecule has 1 rings (SSSR count). The molecule has 0 amide bonds. The topological polar surface area (TPSA) is 47.9 Å². The van der Waals surface area contributed by atoms with Gasteiger partial charge in [0.1, 0.15) is 6.10 Å². The van der Waals surface area contributed by atoms with Crippen LogP contribution in [0.15, 0.2) is 11.5 Å². The summed E-state index contributed by atoms with van der Waals surface area (Å²) in [5.74, 6) is 0.408. The highest BCUT2D eigenvalue weighted by atomic mass is 28.4. The van der Waals surface area contributed by atoms with E-state index in [0.29, 0.717) is 34.7 Å². The van der Waals surface area contributed by atoms with E-state index in [0.717, 1.165) is 0 Å². The molecule has 1 N–H and O–H groups in total. The SMILES string of the molecule is CC(O)C1=C(CO[Si](C(C)C)(C(C)C)C(C)C)OC(C)(C)O1. The van der Waals surface area contributed by atoms with Gasteiger partial charge in [0.05, 0.1) is 6.61 Å². The standard InChI is InChI=1S/C17H34O4Si/c1-11(2)22(12(3)4,13(5)6)19-10-15-16(14(7)18)21-17(8,9)20-15/h11-14,18H,10H2,1-9H3. The highest BCUT2D eigenvalue weighted by Crippen LogP contribution is 2.43. The maximum Gasteiger partial charge on any atom is 0.245 e. The van der Waals surface area contributed by atoms with Gasteiger partial charge in [-0.25, -0.2) is 0 Å². The molecule has 0 saturated heterocycles. The first-order valence-corrected chi connectivity index (χ1v) is 10.5. The lowest BCUT2D eigenvalue weighted by molar-refractivity contribution is -0.132. The van der Waals surface area contributed by atoms with Crippen LogP contribution in [0.3, 0.4) is 0 Å². The van der Waals surface area contributed by atoms with E-state index in [1.807, 2.05) is 13.8 Å². The van der Waals surface area contributed by atoms with Crippen LogP contribution in [-0.2, 0) is 13.9 Å². The van der Waals surface area contributed by atoms with Crippen LogP contribution in [0, 0.1) is 0 Å². The van der Waals surface area contributed by atoms with Gasteiger partial charge in [-0.05, 0) is 23.5 Å². The Bertz CT molecular complexity index is 389. The Balaban J connectivity index is 3.00. The number of aliphatic hydroxyl groups excluding tert-OH is 1. The van der Waals surface area contributed by atoms with Crippen molar-refractivity contribution in [3.63, 3.8) is 0 Å². The highest BCUT2D eigenvalue weighted by Gasteiger charge is 2.46. The summed E-state index contributed by atoms with van der Waals surface area (Å²) in [5.41, 5.74) is 1.54. The molecule has 0 aromatic rings. The molecule has 4 nitrogen and oxygen atoms in total. The van der Waals surface area contributed by atoms with Crippen LogP contribution in [0.2, 0.25) is 16.6 Å². The molecule has 1 atom stereocenters. The number of aliphatic hydroxyl groups is 1. The summed E-state index contributed by atoms with van der Waals surface area (Å²) in [5, 5.41) is 9.90. The Morgan fingerprint density at radius 3 is 1.77 bits per heavy atom. The normalized spacial score (nSPS) is 19.9. The third kappa shape index (κ3) is 3.87. The lowest BCUT2D eigenvalue weighted by Crippen LogP contribution is -2.48. The van der Waals surface area contributed by atoms with E-state index in [-0.39, 0.29) is 0 Å². The summed E-state index contributed by atoms with van der Waals surface area (Å²) < 4.78 is 18.1. The molecule has 0 saturated carbocycles. The van der Waals surface area contributed by atoms with E-state index in [1.54, 1.807) is 6.92 Å². The zero-order valence-electron chi connectivity index (χ0n) is 15.7. The average Bonchev–Trinajstić information content (AvgIpc) is 2.64. The van der Waals surface area contributed by atoms with E-state index in [4.69, 9.17) is 13.9 Å². The monoisotopic (exact) mass is 330 g/mol. The van der Waals surface area contributed by atoms with Crippen LogP contribution < -0.4 is 0 Å². The maximum absolute atomic E-state index is 9.90. The van der Waals surface area contributed by atoms with Crippen molar-refractivity contribution in [1.29, 1.82) is 0 Å². The molecule has 1 unspecified atom stereocenters. The maximum atomic E-state index is 9.90. The van der Waals surface area contributed by atoms with Crippen molar-refractivity contribution in [3.05, 3.63) is 11.5 Å². The van der Waals surface area contributed by atoms with Gasteiger partial charge in [-0.1, -0.05) is 41.5 Å². The van der Waals surface area contributed by atoms with Gasteiger partial charge < -0.3 is 19.0 Å². The minimum absolute atomic E-state index is 0.379. The Labute approximate surface area is 137 Å². The van der Waals surface area contributed by atoms with Crippen molar-refractivity contribution in [2.45, 2.75) is 90.8 Å². The largest absolute Gasteiger partial charge is 0.451 e. The van der Waals surface area contributed by atoms with Gasteiger partial charge in [0.15, 0.2) is 11.5 Å². The zero-order valence-corrected chi connectivity index (χ0v) is 16.7. The Morgan fingerprint density at radius 2 is 1.41 bits per heavy atom. The molecule has 1 heterocycles. The van der Waals surface area contributed by atoms with Crippen molar-refractivity contribution in [1.82, 2.24) is 0 Å². The van der Waals surface area contributed by atoms with Gasteiger partial charge >= 0.3 is 0 Å². The molecule has 22 heavy (non-hydrogen) atoms. The van der Waals surface area contributed by atoms with Crippen molar-refractivity contribution < 1.29 is 19.0 Å². The summed E-state index contributed by atoms with van der Waals surface area (Å²) in [4.78, 5) is 0. The smallest absolute Gasteiger partial charge is 0.245 e. The highest BCUT2D eigenvalue weighted by molar-refractivity contribution is 6.77. The number of ether oxygens (including phenoxy) is 2. The van der Waals surface area contributed by atoms with Crippen LogP contribution in [0.1, 0.15) is 62.3 Å². The Morgan fingerprint density at radius 1 is 0.955 bits per heavy atom. The molecule has 0 aliphatic carbocycles. The molecule has 130 valence electrons. The Hall–Kier alpha value is -0.523. The van der Waals surface area contributed by atoms with E-state index in [1.165, 1.54) is 0 Å². The van der Waals surface area contributed by atoms with Crippen LogP contribution in [-0.4, -0.2) is 31.9 Å². The number of hydrogen-bond acceptors (Lipinski definition) is 4. The third-order valence-corrected chi connectivity index (χ3v) is 10.6. The molecule has 0 bridgehead atoms. The fraction of sp³-hybridized carbons (Fsp3) is 0.882. The van der Waals surface area contributed by atoms with E-state index in [2.05, 4.69) is 41.5 Å². The van der Waals surface area contributed by atoms with E-state index < -0.39 is 20.2 Å². The summed E-state index contributed by atoms with van der Waals surface area (Å²) in [6.45, 7) is 19.3. The van der Waals surface area contributed by atoms with Crippen molar-refractivity contribution in [2.75, 3.05) is 6.61 Å². The summed E-state index contributed by atoms with van der Waals surface area (Å²) in [6, 6.07) is 0. The second-order valence-corrected chi connectivity index (χ2v) is 13.1. The molecule has 5 heteroatoms. The van der Waals surface area contributed by atoms with Crippen LogP contribution in [0.5, 0.6) is 0 Å². The van der Waals surface area contributed by atoms with Gasteiger partial charge in [-0.15, -0.1) is 0 Å². The third-order valence-electron chi connectivity index (χ3n) is 4.54. The first-order valence-electron chi connectivity index (χ1n) is 8.37. The van der Waals surface area contributed by atoms with Crippen LogP contribution >= 0.6 is 0 Å². The van der Waals surface area contributed by atoms with Crippen molar-refractivity contribution in [2.24, 2.45) is 0 Å². The second kappa shape index (κ2) is 6.93. The predicted octanol–water partition coefficient (Wildman–Crippen LogP) is 4.55. The van der Waals surface area contributed by atoms with Crippen molar-refractivity contribution in [3.8, 4) is 0 Å². The summed E-state index contributed by atoms with van der Waals surface area (Å²) in [6.07, 6.45) is -0.686. The lowest BCUT2D eigenvalue weighted by Gasteiger charge is -2.42. The minimum Gasteiger partial charge on any atom is -0.451 e. The van der Waals surface area contributed by atoms with Gasteiger partial charge in [-0.3, -0.25) is 0 Å². The van der Waals surface area contributed by atoms with E-state index >= 15 is 0 Å². The van der Waals surface area contributed by atoms with Gasteiger partial charge in [-0.2, -0.15) is 0 Å². The quantitative estimate of drug-likeness (QED) is 0.696. The molecular weight excluding hydrogens is 296 g/mol. The Kier molecular flexibility index (Phi) is 6.15. The van der Waals surface area contributed by atoms with Gasteiger partial charge in [0.2, 0.25) is 14.1 Å². The fourth-order valence-electron chi connectivity index (χ4n) is 3.80. The first-order chi connectivity index (χ1) is 9.94. The van der Waals surface area contributed by atoms with E-state index in [9.17, 15) is 5.11 Å². The molecule has 1 aliphatic rings. The molecule has 0 aromatic carbocycles. The molecular formula is C17H34O4Si. The molecule has 1 aliphatic heterocycles. The zero-order chi connectivity index (χ0) is 17.3. The lowest BCUT2D eigenvalue weighted by atomic mass is 10.3. The van der Waals surface area contributed by atoms with Crippen molar-refractivity contribution >= 4 is 8.32 Å². The average molecular weight is 331 g/mol. The molecule has 0 aromatic heterocycles.